The number of nitrogens with zero attached hydrogens (tertiary/aromatic N) is 2. The number of nitrogen functional groups attached to an aromatic ring is 1. The summed E-state index contributed by atoms with van der Waals surface area (Å²) in [4.78, 5) is 20.6. The summed E-state index contributed by atoms with van der Waals surface area (Å²) >= 11 is 0. The first-order valence-electron chi connectivity index (χ1n) is 5.77. The normalized spacial score (nSPS) is 15.6. The highest BCUT2D eigenvalue weighted by Crippen LogP contribution is 2.29. The van der Waals surface area contributed by atoms with Crippen molar-refractivity contribution < 1.29 is 0 Å². The fourth-order valence-electron chi connectivity index (χ4n) is 2.35. The zero-order chi connectivity index (χ0) is 11.8. The summed E-state index contributed by atoms with van der Waals surface area (Å²) in [5.41, 5.74) is 8.20. The Hall–Kier alpha value is -2.04. The zero-order valence-corrected chi connectivity index (χ0v) is 9.44. The fourth-order valence-corrected chi connectivity index (χ4v) is 2.35. The van der Waals surface area contributed by atoms with Gasteiger partial charge in [0.25, 0.3) is 5.56 Å². The molecule has 3 rings (SSSR count). The minimum absolute atomic E-state index is 0.115. The highest BCUT2D eigenvalue weighted by molar-refractivity contribution is 5.88. The lowest BCUT2D eigenvalue weighted by Crippen LogP contribution is -2.19. The van der Waals surface area contributed by atoms with Gasteiger partial charge in [-0.15, -0.1) is 0 Å². The van der Waals surface area contributed by atoms with Gasteiger partial charge in [0, 0.05) is 13.1 Å². The molecule has 0 unspecified atom stereocenters. The quantitative estimate of drug-likeness (QED) is 0.719. The van der Waals surface area contributed by atoms with Crippen LogP contribution in [0.4, 0.5) is 11.4 Å². The van der Waals surface area contributed by atoms with Crippen LogP contribution in [0.5, 0.6) is 0 Å². The molecule has 0 aliphatic carbocycles. The highest BCUT2D eigenvalue weighted by Gasteiger charge is 2.16. The van der Waals surface area contributed by atoms with Crippen molar-refractivity contribution in [3.05, 3.63) is 28.8 Å². The van der Waals surface area contributed by atoms with E-state index in [1.54, 1.807) is 6.07 Å². The number of aromatic amines is 1. The number of nitrogens with two attached hydrogens (primary N) is 1. The van der Waals surface area contributed by atoms with Crippen molar-refractivity contribution in [2.75, 3.05) is 23.7 Å². The lowest BCUT2D eigenvalue weighted by atomic mass is 10.2. The molecule has 1 aliphatic heterocycles. The number of hydrogen-bond acceptors (Lipinski definition) is 4. The first-order valence-corrected chi connectivity index (χ1v) is 5.77. The van der Waals surface area contributed by atoms with Gasteiger partial charge in [0.05, 0.1) is 28.6 Å². The van der Waals surface area contributed by atoms with Gasteiger partial charge in [-0.3, -0.25) is 4.79 Å². The van der Waals surface area contributed by atoms with Gasteiger partial charge in [0.15, 0.2) is 0 Å². The van der Waals surface area contributed by atoms with E-state index in [1.165, 1.54) is 19.2 Å². The van der Waals surface area contributed by atoms with Crippen LogP contribution >= 0.6 is 0 Å². The number of rotatable bonds is 1. The molecular weight excluding hydrogens is 216 g/mol. The molecular formula is C12H14N4O. The van der Waals surface area contributed by atoms with E-state index in [0.717, 1.165) is 18.8 Å². The molecule has 5 nitrogen and oxygen atoms in total. The molecule has 2 heterocycles. The summed E-state index contributed by atoms with van der Waals surface area (Å²) in [6.07, 6.45) is 3.77. The number of aromatic nitrogens is 2. The fraction of sp³-hybridized carbons (Fsp3) is 0.333. The topological polar surface area (TPSA) is 75.0 Å². The van der Waals surface area contributed by atoms with Crippen LogP contribution in [0.15, 0.2) is 23.3 Å². The number of H-pyrrole nitrogens is 1. The Labute approximate surface area is 98.3 Å². The molecule has 0 amide bonds. The Kier molecular flexibility index (Phi) is 2.24. The minimum Gasteiger partial charge on any atom is -0.397 e. The van der Waals surface area contributed by atoms with Crippen molar-refractivity contribution in [2.45, 2.75) is 12.8 Å². The van der Waals surface area contributed by atoms with Gasteiger partial charge in [-0.1, -0.05) is 0 Å². The first kappa shape index (κ1) is 10.1. The lowest BCUT2D eigenvalue weighted by molar-refractivity contribution is 0.949. The molecule has 1 fully saturated rings. The predicted molar refractivity (Wildman–Crippen MR) is 68.2 cm³/mol. The number of anilines is 2. The summed E-state index contributed by atoms with van der Waals surface area (Å²) < 4.78 is 0. The Morgan fingerprint density at radius 2 is 2.06 bits per heavy atom. The molecule has 1 aromatic carbocycles. The monoisotopic (exact) mass is 230 g/mol. The van der Waals surface area contributed by atoms with Crippen LogP contribution in [0.1, 0.15) is 12.8 Å². The molecule has 1 saturated heterocycles. The third-order valence-electron chi connectivity index (χ3n) is 3.24. The van der Waals surface area contributed by atoms with Gasteiger partial charge in [-0.2, -0.15) is 0 Å². The van der Waals surface area contributed by atoms with Gasteiger partial charge in [0.1, 0.15) is 0 Å². The summed E-state index contributed by atoms with van der Waals surface area (Å²) in [5, 5.41) is 0.601. The van der Waals surface area contributed by atoms with Gasteiger partial charge in [0.2, 0.25) is 0 Å². The molecule has 2 aromatic rings. The van der Waals surface area contributed by atoms with Crippen molar-refractivity contribution in [2.24, 2.45) is 0 Å². The average Bonchev–Trinajstić information content (AvgIpc) is 2.82. The number of fused-ring (bicyclic) bond motifs is 1. The second-order valence-electron chi connectivity index (χ2n) is 4.35. The van der Waals surface area contributed by atoms with Gasteiger partial charge >= 0.3 is 0 Å². The Morgan fingerprint density at radius 1 is 1.29 bits per heavy atom. The Bertz CT molecular complexity index is 613. The third kappa shape index (κ3) is 1.63. The van der Waals surface area contributed by atoms with Gasteiger partial charge in [-0.05, 0) is 25.0 Å². The maximum absolute atomic E-state index is 11.7. The van der Waals surface area contributed by atoms with Crippen LogP contribution in [0.2, 0.25) is 0 Å². The largest absolute Gasteiger partial charge is 0.397 e. The van der Waals surface area contributed by atoms with E-state index in [-0.39, 0.29) is 5.56 Å². The van der Waals surface area contributed by atoms with Crippen molar-refractivity contribution in [1.82, 2.24) is 9.97 Å². The Morgan fingerprint density at radius 3 is 2.82 bits per heavy atom. The lowest BCUT2D eigenvalue weighted by Gasteiger charge is -2.19. The van der Waals surface area contributed by atoms with Crippen molar-refractivity contribution in [3.8, 4) is 0 Å². The standard InChI is InChI=1S/C12H14N4O/c13-9-6-10-8(12(17)15-7-14-10)5-11(9)16-3-1-2-4-16/h5-7H,1-4,13H2,(H,14,15,17). The molecule has 17 heavy (non-hydrogen) atoms. The van der Waals surface area contributed by atoms with E-state index in [2.05, 4.69) is 14.9 Å². The molecule has 1 aliphatic rings. The van der Waals surface area contributed by atoms with Crippen LogP contribution in [-0.4, -0.2) is 23.1 Å². The van der Waals surface area contributed by atoms with E-state index in [4.69, 9.17) is 5.73 Å². The Balaban J connectivity index is 2.21. The molecule has 0 bridgehead atoms. The van der Waals surface area contributed by atoms with Crippen LogP contribution in [-0.2, 0) is 0 Å². The summed E-state index contributed by atoms with van der Waals surface area (Å²) in [6, 6.07) is 3.63. The van der Waals surface area contributed by atoms with E-state index in [0.29, 0.717) is 16.6 Å². The van der Waals surface area contributed by atoms with E-state index in [9.17, 15) is 4.79 Å². The highest BCUT2D eigenvalue weighted by atomic mass is 16.1. The molecule has 3 N–H and O–H groups in total. The molecule has 88 valence electrons. The summed E-state index contributed by atoms with van der Waals surface area (Å²) in [6.45, 7) is 2.02. The first-order chi connectivity index (χ1) is 8.25. The maximum Gasteiger partial charge on any atom is 0.258 e. The maximum atomic E-state index is 11.7. The van der Waals surface area contributed by atoms with Crippen LogP contribution in [0, 0.1) is 0 Å². The summed E-state index contributed by atoms with van der Waals surface area (Å²) in [7, 11) is 0. The van der Waals surface area contributed by atoms with E-state index in [1.807, 2.05) is 6.07 Å². The number of hydrogen-bond donors (Lipinski definition) is 2. The van der Waals surface area contributed by atoms with E-state index < -0.39 is 0 Å². The SMILES string of the molecule is Nc1cc2nc[nH]c(=O)c2cc1N1CCCC1. The predicted octanol–water partition coefficient (Wildman–Crippen LogP) is 1.11. The molecule has 0 atom stereocenters. The van der Waals surface area contributed by atoms with Crippen LogP contribution in [0.3, 0.4) is 0 Å². The number of nitrogens with one attached hydrogen (secondary N) is 1. The molecule has 0 spiro atoms. The van der Waals surface area contributed by atoms with Gasteiger partial charge < -0.3 is 15.6 Å². The number of benzene rings is 1. The smallest absolute Gasteiger partial charge is 0.258 e. The van der Waals surface area contributed by atoms with Crippen LogP contribution in [0.25, 0.3) is 10.9 Å². The molecule has 0 radical (unpaired) electrons. The zero-order valence-electron chi connectivity index (χ0n) is 9.44. The van der Waals surface area contributed by atoms with Crippen molar-refractivity contribution >= 4 is 22.3 Å². The average molecular weight is 230 g/mol. The molecule has 0 saturated carbocycles. The van der Waals surface area contributed by atoms with E-state index >= 15 is 0 Å². The summed E-state index contributed by atoms with van der Waals surface area (Å²) in [5.74, 6) is 0. The molecule has 5 heteroatoms. The van der Waals surface area contributed by atoms with Gasteiger partial charge in [-0.25, -0.2) is 4.98 Å². The second-order valence-corrected chi connectivity index (χ2v) is 4.35. The molecule has 1 aromatic heterocycles. The third-order valence-corrected chi connectivity index (χ3v) is 3.24. The van der Waals surface area contributed by atoms with Crippen molar-refractivity contribution in [1.29, 1.82) is 0 Å². The second kappa shape index (κ2) is 3.76. The van der Waals surface area contributed by atoms with Crippen LogP contribution < -0.4 is 16.2 Å². The minimum atomic E-state index is -0.115. The van der Waals surface area contributed by atoms with Crippen molar-refractivity contribution in [3.63, 3.8) is 0 Å².